The zero-order valence-electron chi connectivity index (χ0n) is 37.5. The van der Waals surface area contributed by atoms with Crippen molar-refractivity contribution in [3.05, 3.63) is 128 Å². The van der Waals surface area contributed by atoms with Crippen molar-refractivity contribution in [1.82, 2.24) is 24.8 Å². The Kier molecular flexibility index (Phi) is 14.8. The van der Waals surface area contributed by atoms with E-state index in [0.29, 0.717) is 16.5 Å². The van der Waals surface area contributed by atoms with Crippen LogP contribution in [0.2, 0.25) is 0 Å². The Morgan fingerprint density at radius 3 is 2.51 bits per heavy atom. The highest BCUT2D eigenvalue weighted by atomic mass is 31.3. The zero-order chi connectivity index (χ0) is 52.6. The van der Waals surface area contributed by atoms with E-state index in [1.54, 1.807) is 6.92 Å². The molecule has 380 valence electrons. The van der Waals surface area contributed by atoms with Gasteiger partial charge in [0.15, 0.2) is 22.4 Å². The molecule has 3 aromatic carbocycles. The smallest absolute Gasteiger partial charge is 0.490 e. The molecule has 73 heavy (non-hydrogen) atoms. The molecular formula is C43H38N7O20P3. The molecule has 27 nitrogen and oxygen atoms in total. The molecule has 0 radical (unpaired) electrons. The maximum Gasteiger partial charge on any atom is 0.490 e. The van der Waals surface area contributed by atoms with E-state index >= 15 is 0 Å². The Labute approximate surface area is 409 Å². The van der Waals surface area contributed by atoms with Gasteiger partial charge in [-0.25, -0.2) is 33.4 Å². The Morgan fingerprint density at radius 1 is 1.00 bits per heavy atom. The molecule has 1 aliphatic carbocycles. The molecule has 8 rings (SSSR count). The minimum atomic E-state index is -5.67. The number of hydrogen-bond donors (Lipinski definition) is 8. The number of rotatable bonds is 17. The zero-order valence-corrected chi connectivity index (χ0v) is 40.2. The van der Waals surface area contributed by atoms with Crippen molar-refractivity contribution in [2.45, 2.75) is 37.8 Å². The van der Waals surface area contributed by atoms with Gasteiger partial charge in [0.05, 0.1) is 47.7 Å². The number of carboxylic acids is 1. The number of phenolic OH excluding ortho intramolecular Hbond substituents is 1. The molecule has 1 amide bonds. The fourth-order valence-corrected chi connectivity index (χ4v) is 11.1. The Hall–Kier alpha value is -7.27. The normalized spacial score (nSPS) is 17.9. The monoisotopic (exact) mass is 1070 g/mol. The molecule has 4 unspecified atom stereocenters. The second-order valence-corrected chi connectivity index (χ2v) is 20.5. The molecule has 2 aromatic heterocycles. The number of aromatic nitrogens is 4. The number of fused-ring (bicyclic) bond motifs is 3. The van der Waals surface area contributed by atoms with Gasteiger partial charge in [0.2, 0.25) is 0 Å². The molecule has 30 heteroatoms. The summed E-state index contributed by atoms with van der Waals surface area (Å²) >= 11 is 0. The number of nitrogens with zero attached hydrogens (tertiary/aromatic N) is 5. The van der Waals surface area contributed by atoms with Crippen LogP contribution in [0.3, 0.4) is 0 Å². The van der Waals surface area contributed by atoms with Gasteiger partial charge in [0.1, 0.15) is 35.8 Å². The molecule has 1 fully saturated rings. The average Bonchev–Trinajstić information content (AvgIpc) is 3.93. The third-order valence-electron chi connectivity index (χ3n) is 11.0. The summed E-state index contributed by atoms with van der Waals surface area (Å²) in [6.45, 7) is 0.632. The first kappa shape index (κ1) is 52.1. The lowest BCUT2D eigenvalue weighted by atomic mass is 9.89. The number of phenols is 1. The van der Waals surface area contributed by atoms with Crippen molar-refractivity contribution in [3.8, 4) is 40.0 Å². The quantitative estimate of drug-likeness (QED) is 0.0180. The van der Waals surface area contributed by atoms with Gasteiger partial charge in [-0.2, -0.15) is 8.62 Å². The maximum atomic E-state index is 13.5. The van der Waals surface area contributed by atoms with E-state index < -0.39 is 71.4 Å². The van der Waals surface area contributed by atoms with Crippen molar-refractivity contribution in [2.75, 3.05) is 25.6 Å². The minimum Gasteiger partial charge on any atom is -0.508 e. The summed E-state index contributed by atoms with van der Waals surface area (Å²) in [6.07, 6.45) is -1.17. The lowest BCUT2D eigenvalue weighted by molar-refractivity contribution is -0.385. The number of phosphoric ester groups is 1. The van der Waals surface area contributed by atoms with E-state index in [4.69, 9.17) is 23.5 Å². The summed E-state index contributed by atoms with van der Waals surface area (Å²) in [7, 11) is -15.5. The van der Waals surface area contributed by atoms with Gasteiger partial charge in [0.25, 0.3) is 11.6 Å². The maximum absolute atomic E-state index is 13.5. The van der Waals surface area contributed by atoms with E-state index in [1.807, 2.05) is 0 Å². The number of imidazole rings is 1. The lowest BCUT2D eigenvalue weighted by Gasteiger charge is -2.21. The van der Waals surface area contributed by atoms with Crippen LogP contribution in [0.25, 0.3) is 44.6 Å². The summed E-state index contributed by atoms with van der Waals surface area (Å²) in [5, 5.41) is 49.5. The largest absolute Gasteiger partial charge is 0.508 e. The number of anilines is 1. The van der Waals surface area contributed by atoms with Crippen LogP contribution in [0.4, 0.5) is 11.5 Å². The number of aromatic hydroxyl groups is 1. The van der Waals surface area contributed by atoms with Crippen LogP contribution in [-0.4, -0.2) is 98.8 Å². The highest BCUT2D eigenvalue weighted by Gasteiger charge is 2.44. The van der Waals surface area contributed by atoms with Crippen molar-refractivity contribution >= 4 is 69.0 Å². The van der Waals surface area contributed by atoms with E-state index in [9.17, 15) is 58.4 Å². The van der Waals surface area contributed by atoms with E-state index in [1.165, 1.54) is 90.0 Å². The lowest BCUT2D eigenvalue weighted by Crippen LogP contribution is -2.26. The fourth-order valence-electron chi connectivity index (χ4n) is 7.78. The van der Waals surface area contributed by atoms with Gasteiger partial charge >= 0.3 is 29.4 Å². The number of carbonyl (C=O) groups is 2. The summed E-state index contributed by atoms with van der Waals surface area (Å²) in [5.41, 5.74) is 1.06. The third-order valence-corrected chi connectivity index (χ3v) is 15.2. The Morgan fingerprint density at radius 2 is 1.78 bits per heavy atom. The molecule has 3 aliphatic rings. The number of aromatic carboxylic acids is 1. The highest BCUT2D eigenvalue weighted by Crippen LogP contribution is 2.68. The summed E-state index contributed by atoms with van der Waals surface area (Å²) in [6, 6.07) is 15.7. The summed E-state index contributed by atoms with van der Waals surface area (Å²) in [4.78, 5) is 90.0. The van der Waals surface area contributed by atoms with Crippen LogP contribution < -0.4 is 16.1 Å². The first-order valence-electron chi connectivity index (χ1n) is 21.0. The SMILES string of the molecule is COP(=O)(OC[C@H]1O[C@@H](n2cnc3c(NC(C)c4ccc(C#CCNC(=O)c5ccc(C(=O)O)c(-c6c7ccc(=O)cc-7oc7cc(O)ccc67)c5)cc4[N+](=O)[O-])ncnc32)CC1O)OP(=O)(O)OP(=O)(O)O. The molecule has 0 spiro atoms. The number of phosphoric acid groups is 3. The molecule has 0 bridgehead atoms. The summed E-state index contributed by atoms with van der Waals surface area (Å²) in [5.74, 6) is 3.77. The van der Waals surface area contributed by atoms with Crippen LogP contribution in [0.5, 0.6) is 5.75 Å². The van der Waals surface area contributed by atoms with Crippen molar-refractivity contribution < 1.29 is 85.0 Å². The number of ether oxygens (including phenoxy) is 1. The van der Waals surface area contributed by atoms with E-state index in [0.717, 1.165) is 7.11 Å². The van der Waals surface area contributed by atoms with E-state index in [2.05, 4.69) is 50.6 Å². The van der Waals surface area contributed by atoms with Crippen LogP contribution in [0.1, 0.15) is 57.5 Å². The second kappa shape index (κ2) is 20.7. The van der Waals surface area contributed by atoms with Crippen LogP contribution in [0.15, 0.2) is 94.7 Å². The second-order valence-electron chi connectivity index (χ2n) is 15.8. The molecular weight excluding hydrogens is 1030 g/mol. The van der Waals surface area contributed by atoms with Gasteiger partial charge in [-0.1, -0.05) is 11.8 Å². The molecule has 0 saturated carbocycles. The van der Waals surface area contributed by atoms with Crippen LogP contribution in [0, 0.1) is 22.0 Å². The van der Waals surface area contributed by atoms with Gasteiger partial charge < -0.3 is 49.8 Å². The number of aliphatic hydroxyl groups excluding tert-OH is 1. The van der Waals surface area contributed by atoms with Gasteiger partial charge in [-0.15, -0.1) is 0 Å². The Balaban J connectivity index is 0.939. The standard InChI is InChI=1S/C43H38N7O20P3/c1-22(48-40-39-41(46-20-45-40)49(21-47-39)37-18-33(53)36(68-37)19-66-73(64,65-2)70-72(62,63)69-71(59,60)61)27-9-5-23(14-32(27)50(57)58)4-3-13-44-42(54)24-6-10-28(43(55)56)31(15-24)38-29-11-7-25(51)16-34(29)67-35-17-26(52)8-12-30(35)38/h5-12,14-17,20-22,33,36-37,51,53H,13,18-19H2,1-2H3,(H,44,54)(H,55,56)(H,62,63)(H,45,46,48)(H2,59,60,61)/t22?,33?,36-,37-,73?/m1/s1. The van der Waals surface area contributed by atoms with Crippen LogP contribution >= 0.6 is 23.5 Å². The minimum absolute atomic E-state index is 0.0600. The number of nitrogens with one attached hydrogen (secondary N) is 2. The number of nitro benzene ring substituents is 1. The molecule has 5 aromatic rings. The molecule has 2 aliphatic heterocycles. The van der Waals surface area contributed by atoms with Crippen molar-refractivity contribution in [2.24, 2.45) is 0 Å². The number of carboxylic acid groups (broad SMARTS) is 1. The molecule has 1 saturated heterocycles. The fraction of sp³-hybridized carbons (Fsp3) is 0.209. The topological polar surface area (TPSA) is 394 Å². The first-order chi connectivity index (χ1) is 34.5. The number of nitro groups is 1. The number of carbonyl (C=O) groups excluding carboxylic acids is 1. The number of amides is 1. The van der Waals surface area contributed by atoms with Crippen molar-refractivity contribution in [3.63, 3.8) is 0 Å². The number of aliphatic hydroxyl groups is 1. The predicted octanol–water partition coefficient (Wildman–Crippen LogP) is 5.62. The number of benzene rings is 4. The van der Waals surface area contributed by atoms with Gasteiger partial charge in [-0.3, -0.25) is 33.3 Å². The van der Waals surface area contributed by atoms with Crippen molar-refractivity contribution in [1.29, 1.82) is 0 Å². The molecule has 6 atom stereocenters. The number of hydrogen-bond acceptors (Lipinski definition) is 20. The first-order valence-corrected chi connectivity index (χ1v) is 25.5. The van der Waals surface area contributed by atoms with E-state index in [-0.39, 0.29) is 86.0 Å². The van der Waals surface area contributed by atoms with Gasteiger partial charge in [-0.05, 0) is 67.1 Å². The highest BCUT2D eigenvalue weighted by molar-refractivity contribution is 7.66. The van der Waals surface area contributed by atoms with Gasteiger partial charge in [0, 0.05) is 59.4 Å². The predicted molar refractivity (Wildman–Crippen MR) is 252 cm³/mol. The Bertz CT molecular complexity index is 3590. The average molecular weight is 1070 g/mol. The molecule has 8 N–H and O–H groups in total. The van der Waals surface area contributed by atoms with Crippen LogP contribution in [-0.2, 0) is 36.1 Å². The molecule has 4 heterocycles. The third kappa shape index (κ3) is 11.7. The summed E-state index contributed by atoms with van der Waals surface area (Å²) < 4.78 is 66.2.